The van der Waals surface area contributed by atoms with Gasteiger partial charge >= 0.3 is 0 Å². The number of carbonyl (C=O) groups excluding carboxylic acids is 1. The Hall–Kier alpha value is -0.800. The van der Waals surface area contributed by atoms with Crippen LogP contribution in [0.2, 0.25) is 0 Å². The fourth-order valence-corrected chi connectivity index (χ4v) is 2.64. The molecule has 4 heteroatoms. The van der Waals surface area contributed by atoms with Crippen LogP contribution in [-0.2, 0) is 6.54 Å². The second kappa shape index (κ2) is 5.23. The average molecular weight is 256 g/mol. The Labute approximate surface area is 107 Å². The first kappa shape index (κ1) is 12.7. The number of nitrogens with zero attached hydrogens (tertiary/aromatic N) is 1. The van der Waals surface area contributed by atoms with Crippen molar-refractivity contribution >= 4 is 16.8 Å². The van der Waals surface area contributed by atoms with E-state index < -0.39 is 5.24 Å². The number of halogens is 1. The highest BCUT2D eigenvalue weighted by molar-refractivity contribution is 6.67. The number of hydrogen-bond acceptors (Lipinski definition) is 3. The van der Waals surface area contributed by atoms with Crippen LogP contribution in [0.25, 0.3) is 0 Å². The third kappa shape index (κ3) is 2.90. The number of rotatable bonds is 3. The molecule has 2 rings (SSSR count). The molecule has 1 aromatic heterocycles. The largest absolute Gasteiger partial charge is 0.455 e. The summed E-state index contributed by atoms with van der Waals surface area (Å²) in [7, 11) is 0. The molecule has 2 heterocycles. The molecule has 2 unspecified atom stereocenters. The minimum absolute atomic E-state index is 0.235. The number of hydrogen-bond donors (Lipinski definition) is 0. The zero-order valence-corrected chi connectivity index (χ0v) is 11.0. The summed E-state index contributed by atoms with van der Waals surface area (Å²) in [5.74, 6) is 1.05. The van der Waals surface area contributed by atoms with Crippen LogP contribution in [0.4, 0.5) is 0 Å². The van der Waals surface area contributed by atoms with E-state index in [0.717, 1.165) is 12.3 Å². The van der Waals surface area contributed by atoms with Crippen molar-refractivity contribution < 1.29 is 9.21 Å². The zero-order chi connectivity index (χ0) is 12.4. The minimum Gasteiger partial charge on any atom is -0.455 e. The summed E-state index contributed by atoms with van der Waals surface area (Å²) in [5, 5.41) is -0.531. The summed E-state index contributed by atoms with van der Waals surface area (Å²) in [5.41, 5.74) is 0. The lowest BCUT2D eigenvalue weighted by molar-refractivity contribution is 0.0859. The number of likely N-dealkylation sites (tertiary alicyclic amines) is 1. The minimum atomic E-state index is -0.531. The number of carbonyl (C=O) groups is 1. The van der Waals surface area contributed by atoms with Gasteiger partial charge in [0.25, 0.3) is 5.24 Å². The maximum atomic E-state index is 10.9. The molecule has 1 fully saturated rings. The molecule has 0 aromatic carbocycles. The summed E-state index contributed by atoms with van der Waals surface area (Å²) in [4.78, 5) is 13.4. The third-order valence-electron chi connectivity index (χ3n) is 3.57. The van der Waals surface area contributed by atoms with Gasteiger partial charge in [-0.3, -0.25) is 9.69 Å². The van der Waals surface area contributed by atoms with E-state index >= 15 is 0 Å². The Balaban J connectivity index is 2.05. The molecule has 0 saturated carbocycles. The van der Waals surface area contributed by atoms with Crippen molar-refractivity contribution in [3.05, 3.63) is 23.7 Å². The van der Waals surface area contributed by atoms with E-state index in [4.69, 9.17) is 16.0 Å². The molecule has 0 aliphatic carbocycles. The normalized spacial score (nSPS) is 26.1. The summed E-state index contributed by atoms with van der Waals surface area (Å²) < 4.78 is 5.42. The Kier molecular flexibility index (Phi) is 3.89. The van der Waals surface area contributed by atoms with E-state index in [1.807, 2.05) is 6.07 Å². The molecule has 0 spiro atoms. The molecule has 1 saturated heterocycles. The summed E-state index contributed by atoms with van der Waals surface area (Å²) >= 11 is 5.37. The Morgan fingerprint density at radius 3 is 2.59 bits per heavy atom. The van der Waals surface area contributed by atoms with Crippen molar-refractivity contribution in [3.8, 4) is 0 Å². The summed E-state index contributed by atoms with van der Waals surface area (Å²) in [6.45, 7) is 5.24. The highest BCUT2D eigenvalue weighted by Crippen LogP contribution is 2.25. The smallest absolute Gasteiger partial charge is 0.287 e. The second-order valence-electron chi connectivity index (χ2n) is 4.84. The van der Waals surface area contributed by atoms with Gasteiger partial charge < -0.3 is 4.42 Å². The maximum absolute atomic E-state index is 10.9. The molecule has 0 N–H and O–H groups in total. The summed E-state index contributed by atoms with van der Waals surface area (Å²) in [6.07, 6.45) is 3.75. The number of piperidine rings is 1. The SMILES string of the molecule is CC1CCCC(C)N1Cc1ccc(C(=O)Cl)o1. The predicted molar refractivity (Wildman–Crippen MR) is 67.2 cm³/mol. The van der Waals surface area contributed by atoms with E-state index in [0.29, 0.717) is 12.1 Å². The van der Waals surface area contributed by atoms with Crippen LogP contribution in [0.1, 0.15) is 49.4 Å². The molecule has 3 nitrogen and oxygen atoms in total. The monoisotopic (exact) mass is 255 g/mol. The molecule has 1 aliphatic heterocycles. The molecule has 1 aromatic rings. The molecule has 2 atom stereocenters. The van der Waals surface area contributed by atoms with Crippen LogP contribution in [0.5, 0.6) is 0 Å². The Morgan fingerprint density at radius 1 is 1.41 bits per heavy atom. The number of furan rings is 1. The van der Waals surface area contributed by atoms with Crippen LogP contribution >= 0.6 is 11.6 Å². The van der Waals surface area contributed by atoms with E-state index in [9.17, 15) is 4.79 Å². The van der Waals surface area contributed by atoms with Gasteiger partial charge in [-0.1, -0.05) is 6.42 Å². The van der Waals surface area contributed by atoms with Gasteiger partial charge in [0.2, 0.25) is 0 Å². The van der Waals surface area contributed by atoms with E-state index in [1.165, 1.54) is 19.3 Å². The van der Waals surface area contributed by atoms with Gasteiger partial charge in [0, 0.05) is 12.1 Å². The van der Waals surface area contributed by atoms with Crippen molar-refractivity contribution in [2.24, 2.45) is 0 Å². The van der Waals surface area contributed by atoms with Gasteiger partial charge in [0.1, 0.15) is 5.76 Å². The molecule has 0 amide bonds. The molecule has 94 valence electrons. The van der Waals surface area contributed by atoms with Crippen molar-refractivity contribution in [3.63, 3.8) is 0 Å². The predicted octanol–water partition coefficient (Wildman–Crippen LogP) is 3.42. The van der Waals surface area contributed by atoms with Gasteiger partial charge in [0.05, 0.1) is 6.54 Å². The van der Waals surface area contributed by atoms with Gasteiger partial charge in [-0.05, 0) is 50.4 Å². The van der Waals surface area contributed by atoms with E-state index in [2.05, 4.69) is 18.7 Å². The topological polar surface area (TPSA) is 33.5 Å². The van der Waals surface area contributed by atoms with Crippen molar-refractivity contribution in [1.29, 1.82) is 0 Å². The quantitative estimate of drug-likeness (QED) is 0.776. The molecule has 1 aliphatic rings. The first-order chi connectivity index (χ1) is 8.08. The lowest BCUT2D eigenvalue weighted by Gasteiger charge is -2.38. The Bertz CT molecular complexity index is 392. The average Bonchev–Trinajstić information content (AvgIpc) is 2.72. The third-order valence-corrected chi connectivity index (χ3v) is 3.76. The molecular weight excluding hydrogens is 238 g/mol. The highest BCUT2D eigenvalue weighted by Gasteiger charge is 2.25. The lowest BCUT2D eigenvalue weighted by Crippen LogP contribution is -2.42. The van der Waals surface area contributed by atoms with Crippen LogP contribution in [-0.4, -0.2) is 22.2 Å². The van der Waals surface area contributed by atoms with Gasteiger partial charge in [-0.25, -0.2) is 0 Å². The lowest BCUT2D eigenvalue weighted by atomic mass is 9.97. The fourth-order valence-electron chi connectivity index (χ4n) is 2.53. The molecule has 0 radical (unpaired) electrons. The highest BCUT2D eigenvalue weighted by atomic mass is 35.5. The molecule has 17 heavy (non-hydrogen) atoms. The fraction of sp³-hybridized carbons (Fsp3) is 0.615. The van der Waals surface area contributed by atoms with Crippen LogP contribution < -0.4 is 0 Å². The standard InChI is InChI=1S/C13H18ClNO2/c1-9-4-3-5-10(2)15(9)8-11-6-7-12(17-11)13(14)16/h6-7,9-10H,3-5,8H2,1-2H3. The second-order valence-corrected chi connectivity index (χ2v) is 5.18. The van der Waals surface area contributed by atoms with Crippen LogP contribution in [0.3, 0.4) is 0 Å². The van der Waals surface area contributed by atoms with Crippen molar-refractivity contribution in [2.45, 2.75) is 51.7 Å². The maximum Gasteiger partial charge on any atom is 0.287 e. The van der Waals surface area contributed by atoms with Crippen molar-refractivity contribution in [1.82, 2.24) is 4.90 Å². The van der Waals surface area contributed by atoms with Crippen LogP contribution in [0.15, 0.2) is 16.5 Å². The van der Waals surface area contributed by atoms with Gasteiger partial charge in [-0.2, -0.15) is 0 Å². The molecular formula is C13H18ClNO2. The first-order valence-electron chi connectivity index (χ1n) is 6.12. The summed E-state index contributed by atoms with van der Waals surface area (Å²) in [6, 6.07) is 4.62. The molecule has 0 bridgehead atoms. The van der Waals surface area contributed by atoms with Crippen LogP contribution in [0, 0.1) is 0 Å². The van der Waals surface area contributed by atoms with E-state index in [1.54, 1.807) is 6.07 Å². The van der Waals surface area contributed by atoms with Gasteiger partial charge in [-0.15, -0.1) is 0 Å². The van der Waals surface area contributed by atoms with Gasteiger partial charge in [0.15, 0.2) is 5.76 Å². The van der Waals surface area contributed by atoms with E-state index in [-0.39, 0.29) is 5.76 Å². The Morgan fingerprint density at radius 2 is 2.06 bits per heavy atom. The zero-order valence-electron chi connectivity index (χ0n) is 10.3. The van der Waals surface area contributed by atoms with Crippen molar-refractivity contribution in [2.75, 3.05) is 0 Å². The first-order valence-corrected chi connectivity index (χ1v) is 6.50.